The third-order valence-corrected chi connectivity index (χ3v) is 3.10. The van der Waals surface area contributed by atoms with Crippen LogP contribution in [0.15, 0.2) is 34.8 Å². The molecule has 0 heterocycles. The highest BCUT2D eigenvalue weighted by atomic mass is 79.9. The summed E-state index contributed by atoms with van der Waals surface area (Å²) in [6.45, 7) is 1.78. The van der Waals surface area contributed by atoms with E-state index in [-0.39, 0.29) is 5.69 Å². The summed E-state index contributed by atoms with van der Waals surface area (Å²) in [5.74, 6) is -1.33. The molecule has 0 fully saturated rings. The van der Waals surface area contributed by atoms with Gasteiger partial charge in [0.1, 0.15) is 5.69 Å². The van der Waals surface area contributed by atoms with Gasteiger partial charge in [-0.15, -0.1) is 0 Å². The summed E-state index contributed by atoms with van der Waals surface area (Å²) < 4.78 is 27.7. The third-order valence-electron chi connectivity index (χ3n) is 2.64. The molecular formula is C13H11BrF2N2. The van der Waals surface area contributed by atoms with E-state index in [2.05, 4.69) is 21.2 Å². The van der Waals surface area contributed by atoms with Crippen LogP contribution in [0.2, 0.25) is 0 Å². The van der Waals surface area contributed by atoms with E-state index in [1.807, 2.05) is 0 Å². The molecule has 0 spiro atoms. The largest absolute Gasteiger partial charge is 0.398 e. The number of hydrogen-bond donors (Lipinski definition) is 2. The molecule has 0 aromatic heterocycles. The Morgan fingerprint density at radius 3 is 2.39 bits per heavy atom. The summed E-state index contributed by atoms with van der Waals surface area (Å²) in [5, 5.41) is 2.73. The van der Waals surface area contributed by atoms with Crippen LogP contribution in [0.25, 0.3) is 0 Å². The van der Waals surface area contributed by atoms with Crippen molar-refractivity contribution in [3.05, 3.63) is 52.0 Å². The molecule has 2 nitrogen and oxygen atoms in total. The molecule has 0 aliphatic rings. The van der Waals surface area contributed by atoms with Crippen LogP contribution in [0.4, 0.5) is 25.8 Å². The predicted molar refractivity (Wildman–Crippen MR) is 72.9 cm³/mol. The number of benzene rings is 2. The first kappa shape index (κ1) is 12.8. The average molecular weight is 313 g/mol. The summed E-state index contributed by atoms with van der Waals surface area (Å²) in [7, 11) is 0. The zero-order chi connectivity index (χ0) is 13.3. The number of nitrogen functional groups attached to an aromatic ring is 1. The second kappa shape index (κ2) is 4.94. The Morgan fingerprint density at radius 2 is 1.78 bits per heavy atom. The minimum atomic E-state index is -0.663. The lowest BCUT2D eigenvalue weighted by Crippen LogP contribution is -2.01. The minimum absolute atomic E-state index is 0.188. The van der Waals surface area contributed by atoms with E-state index in [1.54, 1.807) is 25.1 Å². The van der Waals surface area contributed by atoms with E-state index in [4.69, 9.17) is 5.73 Å². The van der Waals surface area contributed by atoms with Crippen molar-refractivity contribution >= 4 is 33.0 Å². The molecule has 0 atom stereocenters. The molecule has 3 N–H and O–H groups in total. The number of nitrogens with one attached hydrogen (secondary N) is 1. The van der Waals surface area contributed by atoms with Gasteiger partial charge in [0.25, 0.3) is 0 Å². The molecule has 0 aliphatic heterocycles. The van der Waals surface area contributed by atoms with Gasteiger partial charge >= 0.3 is 0 Å². The summed E-state index contributed by atoms with van der Waals surface area (Å²) in [6.07, 6.45) is 0. The zero-order valence-electron chi connectivity index (χ0n) is 9.60. The van der Waals surface area contributed by atoms with Gasteiger partial charge in [0, 0.05) is 15.8 Å². The van der Waals surface area contributed by atoms with E-state index >= 15 is 0 Å². The SMILES string of the molecule is Cc1c(N)cccc1Nc1c(F)cc(Br)cc1F. The lowest BCUT2D eigenvalue weighted by molar-refractivity contribution is 0.589. The molecular weight excluding hydrogens is 302 g/mol. The lowest BCUT2D eigenvalue weighted by atomic mass is 10.1. The highest BCUT2D eigenvalue weighted by Crippen LogP contribution is 2.29. The van der Waals surface area contributed by atoms with Gasteiger partial charge in [0.05, 0.1) is 0 Å². The summed E-state index contributed by atoms with van der Waals surface area (Å²) >= 11 is 3.03. The van der Waals surface area contributed by atoms with Gasteiger partial charge in [0.2, 0.25) is 0 Å². The fourth-order valence-corrected chi connectivity index (χ4v) is 1.99. The minimum Gasteiger partial charge on any atom is -0.398 e. The van der Waals surface area contributed by atoms with Crippen molar-refractivity contribution in [1.29, 1.82) is 0 Å². The Hall–Kier alpha value is -1.62. The normalized spacial score (nSPS) is 10.4. The van der Waals surface area contributed by atoms with E-state index in [1.165, 1.54) is 12.1 Å². The monoisotopic (exact) mass is 312 g/mol. The molecule has 2 aromatic carbocycles. The van der Waals surface area contributed by atoms with E-state index in [0.717, 1.165) is 5.56 Å². The Morgan fingerprint density at radius 1 is 1.17 bits per heavy atom. The Balaban J connectivity index is 2.43. The van der Waals surface area contributed by atoms with Crippen LogP contribution >= 0.6 is 15.9 Å². The van der Waals surface area contributed by atoms with E-state index in [9.17, 15) is 8.78 Å². The third kappa shape index (κ3) is 2.46. The van der Waals surface area contributed by atoms with Crippen LogP contribution in [0.3, 0.4) is 0 Å². The molecule has 0 bridgehead atoms. The first-order valence-electron chi connectivity index (χ1n) is 5.25. The van der Waals surface area contributed by atoms with Crippen LogP contribution in [-0.2, 0) is 0 Å². The fourth-order valence-electron chi connectivity index (χ4n) is 1.59. The Labute approximate surface area is 112 Å². The molecule has 18 heavy (non-hydrogen) atoms. The van der Waals surface area contributed by atoms with Crippen molar-refractivity contribution in [2.24, 2.45) is 0 Å². The van der Waals surface area contributed by atoms with E-state index in [0.29, 0.717) is 15.8 Å². The first-order chi connectivity index (χ1) is 8.49. The highest BCUT2D eigenvalue weighted by Gasteiger charge is 2.12. The van der Waals surface area contributed by atoms with Crippen molar-refractivity contribution in [3.8, 4) is 0 Å². The van der Waals surface area contributed by atoms with Crippen molar-refractivity contribution < 1.29 is 8.78 Å². The quantitative estimate of drug-likeness (QED) is 0.808. The Bertz CT molecular complexity index is 577. The molecule has 0 unspecified atom stereocenters. The van der Waals surface area contributed by atoms with Crippen LogP contribution in [-0.4, -0.2) is 0 Å². The van der Waals surface area contributed by atoms with Gasteiger partial charge in [-0.2, -0.15) is 0 Å². The zero-order valence-corrected chi connectivity index (χ0v) is 11.2. The summed E-state index contributed by atoms with van der Waals surface area (Å²) in [6, 6.07) is 7.57. The second-order valence-corrected chi connectivity index (χ2v) is 4.80. The average Bonchev–Trinajstić information content (AvgIpc) is 2.28. The maximum absolute atomic E-state index is 13.7. The van der Waals surface area contributed by atoms with Gasteiger partial charge in [-0.1, -0.05) is 22.0 Å². The molecule has 0 radical (unpaired) electrons. The maximum atomic E-state index is 13.7. The predicted octanol–water partition coefficient (Wildman–Crippen LogP) is 4.36. The van der Waals surface area contributed by atoms with Crippen LogP contribution in [0.1, 0.15) is 5.56 Å². The standard InChI is InChI=1S/C13H11BrF2N2/c1-7-11(17)3-2-4-12(7)18-13-9(15)5-8(14)6-10(13)16/h2-6,18H,17H2,1H3. The summed E-state index contributed by atoms with van der Waals surface area (Å²) in [5.41, 5.74) is 7.45. The maximum Gasteiger partial charge on any atom is 0.150 e. The van der Waals surface area contributed by atoms with Crippen molar-refractivity contribution in [2.45, 2.75) is 6.92 Å². The number of nitrogens with two attached hydrogens (primary N) is 1. The molecule has 0 saturated carbocycles. The van der Waals surface area contributed by atoms with Gasteiger partial charge in [0.15, 0.2) is 11.6 Å². The number of rotatable bonds is 2. The Kier molecular flexibility index (Phi) is 3.52. The molecule has 94 valence electrons. The second-order valence-electron chi connectivity index (χ2n) is 3.89. The smallest absolute Gasteiger partial charge is 0.150 e. The lowest BCUT2D eigenvalue weighted by Gasteiger charge is -2.12. The van der Waals surface area contributed by atoms with Crippen LogP contribution < -0.4 is 11.1 Å². The van der Waals surface area contributed by atoms with Crippen molar-refractivity contribution in [3.63, 3.8) is 0 Å². The van der Waals surface area contributed by atoms with Crippen molar-refractivity contribution in [1.82, 2.24) is 0 Å². The molecule has 0 saturated heterocycles. The molecule has 2 rings (SSSR count). The molecule has 0 aliphatic carbocycles. The molecule has 0 amide bonds. The van der Waals surface area contributed by atoms with Gasteiger partial charge in [-0.25, -0.2) is 8.78 Å². The highest BCUT2D eigenvalue weighted by molar-refractivity contribution is 9.10. The van der Waals surface area contributed by atoms with E-state index < -0.39 is 11.6 Å². The summed E-state index contributed by atoms with van der Waals surface area (Å²) in [4.78, 5) is 0. The van der Waals surface area contributed by atoms with Gasteiger partial charge in [-0.05, 0) is 36.8 Å². The fraction of sp³-hybridized carbons (Fsp3) is 0.0769. The molecule has 5 heteroatoms. The topological polar surface area (TPSA) is 38.0 Å². The van der Waals surface area contributed by atoms with Crippen molar-refractivity contribution in [2.75, 3.05) is 11.1 Å². The van der Waals surface area contributed by atoms with Crippen LogP contribution in [0, 0.1) is 18.6 Å². The van der Waals surface area contributed by atoms with Gasteiger partial charge < -0.3 is 11.1 Å². The first-order valence-corrected chi connectivity index (χ1v) is 6.05. The number of anilines is 3. The van der Waals surface area contributed by atoms with Crippen LogP contribution in [0.5, 0.6) is 0 Å². The molecule has 2 aromatic rings. The number of hydrogen-bond acceptors (Lipinski definition) is 2. The van der Waals surface area contributed by atoms with Gasteiger partial charge in [-0.3, -0.25) is 0 Å². The number of halogens is 3.